The number of ether oxygens (including phenoxy) is 2. The van der Waals surface area contributed by atoms with Crippen LogP contribution in [0.3, 0.4) is 0 Å². The number of carbonyl (C=O) groups is 1. The molecule has 0 bridgehead atoms. The van der Waals surface area contributed by atoms with Crippen molar-refractivity contribution in [3.63, 3.8) is 0 Å². The van der Waals surface area contributed by atoms with Gasteiger partial charge in [0, 0.05) is 6.61 Å². The maximum atomic E-state index is 11.5. The largest absolute Gasteiger partial charge is 0.458 e. The highest BCUT2D eigenvalue weighted by atomic mass is 35.5. The Labute approximate surface area is 105 Å². The Hall–Kier alpha value is -1.20. The summed E-state index contributed by atoms with van der Waals surface area (Å²) in [6, 6.07) is 0. The van der Waals surface area contributed by atoms with Crippen molar-refractivity contribution in [3.05, 3.63) is 23.2 Å². The molecule has 1 aromatic rings. The first-order valence-electron chi connectivity index (χ1n) is 5.32. The second-order valence-corrected chi connectivity index (χ2v) is 4.22. The molecule has 0 saturated heterocycles. The number of halogens is 1. The van der Waals surface area contributed by atoms with E-state index < -0.39 is 5.97 Å². The normalized spacial score (nSPS) is 10.6. The summed E-state index contributed by atoms with van der Waals surface area (Å²) in [6.07, 6.45) is 2.66. The number of hydrogen-bond acceptors (Lipinski definition) is 5. The minimum absolute atomic E-state index is 0.0985. The van der Waals surface area contributed by atoms with E-state index in [-0.39, 0.29) is 17.5 Å². The minimum atomic E-state index is -0.548. The van der Waals surface area contributed by atoms with E-state index in [0.29, 0.717) is 19.1 Å². The topological polar surface area (TPSA) is 61.3 Å². The van der Waals surface area contributed by atoms with Gasteiger partial charge in [0.05, 0.1) is 19.0 Å². The summed E-state index contributed by atoms with van der Waals surface area (Å²) in [5.41, 5.74) is 0.0985. The average Bonchev–Trinajstić information content (AvgIpc) is 2.28. The highest BCUT2D eigenvalue weighted by Crippen LogP contribution is 2.03. The standard InChI is InChI=1S/C11H15ClN2O3/c1-8(2)7-16-3-4-17-11(15)9-5-13-6-10(12)14-9/h5-6,8H,3-4,7H2,1-2H3. The molecular weight excluding hydrogens is 244 g/mol. The number of nitrogens with zero attached hydrogens (tertiary/aromatic N) is 2. The summed E-state index contributed by atoms with van der Waals surface area (Å²) in [5, 5.41) is 0.163. The van der Waals surface area contributed by atoms with Crippen molar-refractivity contribution >= 4 is 17.6 Å². The molecule has 0 aromatic carbocycles. The molecule has 94 valence electrons. The van der Waals surface area contributed by atoms with Crippen LogP contribution >= 0.6 is 11.6 Å². The maximum absolute atomic E-state index is 11.5. The Morgan fingerprint density at radius 2 is 2.18 bits per heavy atom. The molecule has 0 aliphatic heterocycles. The molecule has 0 aliphatic carbocycles. The van der Waals surface area contributed by atoms with E-state index in [4.69, 9.17) is 21.1 Å². The molecule has 1 aromatic heterocycles. The molecule has 0 radical (unpaired) electrons. The third-order valence-electron chi connectivity index (χ3n) is 1.73. The predicted molar refractivity (Wildman–Crippen MR) is 63.0 cm³/mol. The van der Waals surface area contributed by atoms with Crippen LogP contribution in [0.25, 0.3) is 0 Å². The van der Waals surface area contributed by atoms with Crippen molar-refractivity contribution in [1.82, 2.24) is 9.97 Å². The van der Waals surface area contributed by atoms with Crippen LogP contribution in [0, 0.1) is 5.92 Å². The first kappa shape index (κ1) is 13.9. The summed E-state index contributed by atoms with van der Waals surface area (Å²) in [5.74, 6) is -0.0855. The third-order valence-corrected chi connectivity index (χ3v) is 1.91. The molecular formula is C11H15ClN2O3. The second kappa shape index (κ2) is 7.19. The molecule has 1 heterocycles. The molecule has 6 heteroatoms. The van der Waals surface area contributed by atoms with Crippen molar-refractivity contribution in [2.45, 2.75) is 13.8 Å². The van der Waals surface area contributed by atoms with E-state index in [1.54, 1.807) is 0 Å². The molecule has 0 amide bonds. The lowest BCUT2D eigenvalue weighted by atomic mass is 10.2. The number of aromatic nitrogens is 2. The number of rotatable bonds is 6. The monoisotopic (exact) mass is 258 g/mol. The van der Waals surface area contributed by atoms with Crippen LogP contribution in [0.15, 0.2) is 12.4 Å². The molecule has 0 N–H and O–H groups in total. The lowest BCUT2D eigenvalue weighted by Gasteiger charge is -2.07. The first-order chi connectivity index (χ1) is 8.09. The number of carbonyl (C=O) groups excluding carboxylic acids is 1. The van der Waals surface area contributed by atoms with Gasteiger partial charge in [0.1, 0.15) is 11.8 Å². The molecule has 17 heavy (non-hydrogen) atoms. The zero-order valence-electron chi connectivity index (χ0n) is 9.85. The molecule has 0 spiro atoms. The van der Waals surface area contributed by atoms with Crippen molar-refractivity contribution in [2.75, 3.05) is 19.8 Å². The Balaban J connectivity index is 2.26. The lowest BCUT2D eigenvalue weighted by molar-refractivity contribution is 0.0272. The molecule has 0 saturated carbocycles. The van der Waals surface area contributed by atoms with Crippen molar-refractivity contribution in [2.24, 2.45) is 5.92 Å². The molecule has 0 fully saturated rings. The van der Waals surface area contributed by atoms with Gasteiger partial charge in [-0.05, 0) is 5.92 Å². The molecule has 5 nitrogen and oxygen atoms in total. The summed E-state index contributed by atoms with van der Waals surface area (Å²) >= 11 is 5.60. The van der Waals surface area contributed by atoms with Crippen LogP contribution < -0.4 is 0 Å². The van der Waals surface area contributed by atoms with E-state index in [1.807, 2.05) is 13.8 Å². The molecule has 1 rings (SSSR count). The minimum Gasteiger partial charge on any atom is -0.458 e. The fourth-order valence-electron chi connectivity index (χ4n) is 1.03. The van der Waals surface area contributed by atoms with Crippen LogP contribution in [0.4, 0.5) is 0 Å². The maximum Gasteiger partial charge on any atom is 0.358 e. The van der Waals surface area contributed by atoms with Gasteiger partial charge in [-0.2, -0.15) is 0 Å². The van der Waals surface area contributed by atoms with Crippen molar-refractivity contribution < 1.29 is 14.3 Å². The first-order valence-corrected chi connectivity index (χ1v) is 5.70. The summed E-state index contributed by atoms with van der Waals surface area (Å²) in [6.45, 7) is 5.31. The molecule has 0 unspecified atom stereocenters. The summed E-state index contributed by atoms with van der Waals surface area (Å²) < 4.78 is 10.2. The fourth-order valence-corrected chi connectivity index (χ4v) is 1.17. The number of hydrogen-bond donors (Lipinski definition) is 0. The van der Waals surface area contributed by atoms with E-state index >= 15 is 0 Å². The lowest BCUT2D eigenvalue weighted by Crippen LogP contribution is -2.14. The van der Waals surface area contributed by atoms with Gasteiger partial charge in [-0.3, -0.25) is 4.98 Å². The molecule has 0 atom stereocenters. The SMILES string of the molecule is CC(C)COCCOC(=O)c1cncc(Cl)n1. The Bertz CT molecular complexity index is 371. The van der Waals surface area contributed by atoms with Crippen LogP contribution in [-0.4, -0.2) is 35.8 Å². The van der Waals surface area contributed by atoms with Crippen LogP contribution in [0.1, 0.15) is 24.3 Å². The smallest absolute Gasteiger partial charge is 0.358 e. The van der Waals surface area contributed by atoms with Crippen LogP contribution in [0.5, 0.6) is 0 Å². The zero-order chi connectivity index (χ0) is 12.7. The summed E-state index contributed by atoms with van der Waals surface area (Å²) in [4.78, 5) is 19.0. The van der Waals surface area contributed by atoms with Gasteiger partial charge in [-0.15, -0.1) is 0 Å². The van der Waals surface area contributed by atoms with Gasteiger partial charge in [0.2, 0.25) is 0 Å². The molecule has 0 aliphatic rings. The quantitative estimate of drug-likeness (QED) is 0.577. The second-order valence-electron chi connectivity index (χ2n) is 3.83. The highest BCUT2D eigenvalue weighted by molar-refractivity contribution is 6.29. The zero-order valence-corrected chi connectivity index (χ0v) is 10.6. The van der Waals surface area contributed by atoms with Crippen molar-refractivity contribution in [1.29, 1.82) is 0 Å². The number of esters is 1. The van der Waals surface area contributed by atoms with E-state index in [1.165, 1.54) is 12.4 Å². The fraction of sp³-hybridized carbons (Fsp3) is 0.545. The third kappa shape index (κ3) is 5.60. The highest BCUT2D eigenvalue weighted by Gasteiger charge is 2.09. The van der Waals surface area contributed by atoms with Gasteiger partial charge in [-0.25, -0.2) is 9.78 Å². The Morgan fingerprint density at radius 1 is 1.41 bits per heavy atom. The van der Waals surface area contributed by atoms with Crippen molar-refractivity contribution in [3.8, 4) is 0 Å². The van der Waals surface area contributed by atoms with Gasteiger partial charge in [0.15, 0.2) is 5.69 Å². The average molecular weight is 259 g/mol. The van der Waals surface area contributed by atoms with Gasteiger partial charge in [0.25, 0.3) is 0 Å². The van der Waals surface area contributed by atoms with E-state index in [9.17, 15) is 4.79 Å². The Kier molecular flexibility index (Phi) is 5.86. The van der Waals surface area contributed by atoms with Gasteiger partial charge >= 0.3 is 5.97 Å². The summed E-state index contributed by atoms with van der Waals surface area (Å²) in [7, 11) is 0. The van der Waals surface area contributed by atoms with Gasteiger partial charge in [-0.1, -0.05) is 25.4 Å². The Morgan fingerprint density at radius 3 is 2.82 bits per heavy atom. The van der Waals surface area contributed by atoms with Crippen LogP contribution in [-0.2, 0) is 9.47 Å². The van der Waals surface area contributed by atoms with Gasteiger partial charge < -0.3 is 9.47 Å². The predicted octanol–water partition coefficient (Wildman–Crippen LogP) is 1.96. The van der Waals surface area contributed by atoms with Crippen LogP contribution in [0.2, 0.25) is 5.15 Å². The van der Waals surface area contributed by atoms with E-state index in [2.05, 4.69) is 9.97 Å². The van der Waals surface area contributed by atoms with E-state index in [0.717, 1.165) is 0 Å².